The molecule has 110 valence electrons. The smallest absolute Gasteiger partial charge is 0.242 e. The van der Waals surface area contributed by atoms with Crippen molar-refractivity contribution in [2.45, 2.75) is 24.8 Å². The Morgan fingerprint density at radius 3 is 2.50 bits per heavy atom. The number of nitrogens with zero attached hydrogens (tertiary/aromatic N) is 1. The molecule has 0 saturated heterocycles. The molecule has 0 radical (unpaired) electrons. The first-order valence-corrected chi connectivity index (χ1v) is 8.06. The predicted octanol–water partition coefficient (Wildman–Crippen LogP) is 1.21. The van der Waals surface area contributed by atoms with Gasteiger partial charge in [-0.2, -0.15) is 0 Å². The Labute approximate surface area is 120 Å². The molecule has 6 heteroatoms. The molecule has 1 aliphatic carbocycles. The minimum Gasteiger partial charge on any atom is -0.352 e. The van der Waals surface area contributed by atoms with E-state index in [1.165, 1.54) is 18.4 Å². The van der Waals surface area contributed by atoms with Crippen LogP contribution in [0.4, 0.5) is 0 Å². The highest BCUT2D eigenvalue weighted by atomic mass is 32.2. The van der Waals surface area contributed by atoms with Crippen LogP contribution in [0.25, 0.3) is 0 Å². The summed E-state index contributed by atoms with van der Waals surface area (Å²) in [6.45, 7) is 2.28. The van der Waals surface area contributed by atoms with Gasteiger partial charge in [-0.25, -0.2) is 12.7 Å². The van der Waals surface area contributed by atoms with Crippen molar-refractivity contribution in [3.63, 3.8) is 0 Å². The molecule has 2 atom stereocenters. The fourth-order valence-corrected chi connectivity index (χ4v) is 3.21. The average molecular weight is 296 g/mol. The monoisotopic (exact) mass is 296 g/mol. The van der Waals surface area contributed by atoms with Crippen molar-refractivity contribution >= 4 is 15.9 Å². The number of amides is 1. The van der Waals surface area contributed by atoms with Gasteiger partial charge < -0.3 is 5.32 Å². The number of rotatable bonds is 5. The number of benzene rings is 1. The van der Waals surface area contributed by atoms with Crippen molar-refractivity contribution in [1.29, 1.82) is 0 Å². The third-order valence-corrected chi connectivity index (χ3v) is 5.55. The van der Waals surface area contributed by atoms with Crippen molar-refractivity contribution in [3.8, 4) is 0 Å². The molecule has 2 unspecified atom stereocenters. The van der Waals surface area contributed by atoms with Crippen molar-refractivity contribution < 1.29 is 13.2 Å². The highest BCUT2D eigenvalue weighted by Crippen LogP contribution is 2.37. The fraction of sp³-hybridized carbons (Fsp3) is 0.500. The molecule has 2 rings (SSSR count). The molecule has 1 aliphatic rings. The van der Waals surface area contributed by atoms with Crippen LogP contribution in [0, 0.1) is 11.8 Å². The Balaban J connectivity index is 2.14. The number of carbonyl (C=O) groups is 1. The molecule has 1 aromatic rings. The maximum Gasteiger partial charge on any atom is 0.242 e. The third-order valence-electron chi connectivity index (χ3n) is 3.63. The van der Waals surface area contributed by atoms with E-state index in [9.17, 15) is 13.2 Å². The number of carbonyl (C=O) groups excluding carboxylic acids is 1. The number of hydrogen-bond donors (Lipinski definition) is 1. The van der Waals surface area contributed by atoms with Crippen molar-refractivity contribution in [2.24, 2.45) is 11.8 Å². The Kier molecular flexibility index (Phi) is 4.15. The molecular formula is C14H20N2O3S. The minimum absolute atomic E-state index is 0.00885. The van der Waals surface area contributed by atoms with Crippen LogP contribution >= 0.6 is 0 Å². The lowest BCUT2D eigenvalue weighted by Gasteiger charge is -2.15. The molecule has 0 heterocycles. The van der Waals surface area contributed by atoms with E-state index < -0.39 is 10.0 Å². The summed E-state index contributed by atoms with van der Waals surface area (Å²) in [5, 5.41) is 2.82. The number of nitrogens with one attached hydrogen (secondary N) is 1. The van der Waals surface area contributed by atoms with Gasteiger partial charge in [-0.05, 0) is 24.0 Å². The Hall–Kier alpha value is -1.40. The maximum absolute atomic E-state index is 12.2. The van der Waals surface area contributed by atoms with Gasteiger partial charge in [0.05, 0.1) is 4.90 Å². The summed E-state index contributed by atoms with van der Waals surface area (Å²) in [6, 6.07) is 6.75. The van der Waals surface area contributed by atoms with Gasteiger partial charge in [-0.1, -0.05) is 25.1 Å². The average Bonchev–Trinajstić information content (AvgIpc) is 3.13. The second-order valence-corrected chi connectivity index (χ2v) is 7.55. The van der Waals surface area contributed by atoms with E-state index in [1.54, 1.807) is 24.3 Å². The summed E-state index contributed by atoms with van der Waals surface area (Å²) in [4.78, 5) is 12.1. The molecule has 20 heavy (non-hydrogen) atoms. The zero-order valence-electron chi connectivity index (χ0n) is 12.0. The van der Waals surface area contributed by atoms with Crippen molar-refractivity contribution in [3.05, 3.63) is 29.8 Å². The van der Waals surface area contributed by atoms with E-state index in [1.807, 2.05) is 6.92 Å². The standard InChI is InChI=1S/C14H20N2O3S/c1-10-8-12(10)14(17)15-9-11-6-4-5-7-13(11)20(18,19)16(2)3/h4-7,10,12H,8-9H2,1-3H3,(H,15,17). The molecule has 5 nitrogen and oxygen atoms in total. The van der Waals surface area contributed by atoms with E-state index in [4.69, 9.17) is 0 Å². The van der Waals surface area contributed by atoms with E-state index in [2.05, 4.69) is 5.32 Å². The zero-order valence-corrected chi connectivity index (χ0v) is 12.8. The number of hydrogen-bond acceptors (Lipinski definition) is 3. The Bertz CT molecular complexity index is 611. The second kappa shape index (κ2) is 5.54. The molecule has 1 aromatic carbocycles. The van der Waals surface area contributed by atoms with Crippen LogP contribution in [-0.4, -0.2) is 32.7 Å². The lowest BCUT2D eigenvalue weighted by Crippen LogP contribution is -2.28. The minimum atomic E-state index is -3.49. The molecule has 1 amide bonds. The molecule has 0 bridgehead atoms. The first-order chi connectivity index (χ1) is 9.34. The predicted molar refractivity (Wildman–Crippen MR) is 76.4 cm³/mol. The van der Waals surface area contributed by atoms with Gasteiger partial charge in [0.25, 0.3) is 0 Å². The number of sulfonamides is 1. The largest absolute Gasteiger partial charge is 0.352 e. The summed E-state index contributed by atoms with van der Waals surface area (Å²) in [6.07, 6.45) is 0.920. The molecule has 0 aliphatic heterocycles. The van der Waals surface area contributed by atoms with E-state index in [0.717, 1.165) is 6.42 Å². The first-order valence-electron chi connectivity index (χ1n) is 6.62. The van der Waals surface area contributed by atoms with Crippen molar-refractivity contribution in [2.75, 3.05) is 14.1 Å². The molecule has 0 spiro atoms. The van der Waals surface area contributed by atoms with Gasteiger partial charge in [-0.15, -0.1) is 0 Å². The molecular weight excluding hydrogens is 276 g/mol. The van der Waals surface area contributed by atoms with Gasteiger partial charge >= 0.3 is 0 Å². The Morgan fingerprint density at radius 1 is 1.35 bits per heavy atom. The van der Waals surface area contributed by atoms with Gasteiger partial charge in [0, 0.05) is 26.6 Å². The molecule has 0 aromatic heterocycles. The van der Waals surface area contributed by atoms with Gasteiger partial charge in [0.1, 0.15) is 0 Å². The van der Waals surface area contributed by atoms with Gasteiger partial charge in [0.2, 0.25) is 15.9 Å². The van der Waals surface area contributed by atoms with Crippen LogP contribution in [0.2, 0.25) is 0 Å². The molecule has 1 N–H and O–H groups in total. The highest BCUT2D eigenvalue weighted by molar-refractivity contribution is 7.89. The zero-order chi connectivity index (χ0) is 14.9. The van der Waals surface area contributed by atoms with E-state index in [0.29, 0.717) is 11.5 Å². The van der Waals surface area contributed by atoms with Gasteiger partial charge in [0.15, 0.2) is 0 Å². The van der Waals surface area contributed by atoms with Crippen LogP contribution in [0.5, 0.6) is 0 Å². The fourth-order valence-electron chi connectivity index (χ4n) is 2.10. The van der Waals surface area contributed by atoms with Crippen LogP contribution in [0.1, 0.15) is 18.9 Å². The summed E-state index contributed by atoms with van der Waals surface area (Å²) < 4.78 is 25.6. The van der Waals surface area contributed by atoms with Crippen LogP contribution in [-0.2, 0) is 21.4 Å². The SMILES string of the molecule is CC1CC1C(=O)NCc1ccccc1S(=O)(=O)N(C)C. The summed E-state index contributed by atoms with van der Waals surface area (Å²) >= 11 is 0. The second-order valence-electron chi connectivity index (χ2n) is 5.43. The van der Waals surface area contributed by atoms with E-state index in [-0.39, 0.29) is 23.3 Å². The van der Waals surface area contributed by atoms with Crippen LogP contribution in [0.3, 0.4) is 0 Å². The van der Waals surface area contributed by atoms with E-state index >= 15 is 0 Å². The topological polar surface area (TPSA) is 66.5 Å². The summed E-state index contributed by atoms with van der Waals surface area (Å²) in [5.41, 5.74) is 0.614. The normalized spacial score (nSPS) is 21.8. The lowest BCUT2D eigenvalue weighted by molar-refractivity contribution is -0.122. The highest BCUT2D eigenvalue weighted by Gasteiger charge is 2.38. The quantitative estimate of drug-likeness (QED) is 0.888. The molecule has 1 saturated carbocycles. The summed E-state index contributed by atoms with van der Waals surface area (Å²) in [5.74, 6) is 0.540. The Morgan fingerprint density at radius 2 is 1.95 bits per heavy atom. The first kappa shape index (κ1) is 15.0. The summed E-state index contributed by atoms with van der Waals surface area (Å²) in [7, 11) is -0.496. The van der Waals surface area contributed by atoms with Crippen molar-refractivity contribution in [1.82, 2.24) is 9.62 Å². The maximum atomic E-state index is 12.2. The van der Waals surface area contributed by atoms with Gasteiger partial charge in [-0.3, -0.25) is 4.79 Å². The van der Waals surface area contributed by atoms with Crippen LogP contribution in [0.15, 0.2) is 29.2 Å². The van der Waals surface area contributed by atoms with Crippen LogP contribution < -0.4 is 5.32 Å². The molecule has 1 fully saturated rings. The lowest BCUT2D eigenvalue weighted by atomic mass is 10.2. The third kappa shape index (κ3) is 3.02.